The lowest BCUT2D eigenvalue weighted by Crippen LogP contribution is -2.30. The summed E-state index contributed by atoms with van der Waals surface area (Å²) in [6, 6.07) is 0. The lowest BCUT2D eigenvalue weighted by atomic mass is 10.0. The van der Waals surface area contributed by atoms with Crippen LogP contribution in [0.3, 0.4) is 0 Å². The molecule has 0 bridgehead atoms. The molecule has 1 nitrogen and oxygen atoms in total. The molecule has 0 aliphatic rings. The molecule has 116 valence electrons. The molecule has 0 aliphatic heterocycles. The van der Waals surface area contributed by atoms with Gasteiger partial charge in [0.05, 0.1) is 0 Å². The van der Waals surface area contributed by atoms with Crippen molar-refractivity contribution in [3.8, 4) is 0 Å². The monoisotopic (exact) mass is 333 g/mol. The zero-order valence-corrected chi connectivity index (χ0v) is 15.2. The average Bonchev–Trinajstić information content (AvgIpc) is 2.45. The summed E-state index contributed by atoms with van der Waals surface area (Å²) < 4.78 is 0. The molecule has 0 fully saturated rings. The van der Waals surface area contributed by atoms with E-state index in [1.807, 2.05) is 0 Å². The van der Waals surface area contributed by atoms with Gasteiger partial charge in [-0.15, -0.1) is 0 Å². The number of unbranched alkanes of at least 4 members (excludes halogenated alkanes) is 6. The van der Waals surface area contributed by atoms with Gasteiger partial charge in [-0.2, -0.15) is 0 Å². The van der Waals surface area contributed by atoms with Crippen LogP contribution >= 0.6 is 15.9 Å². The molecule has 0 N–H and O–H groups in total. The molecular formula is C17H36BrN. The molecule has 0 heterocycles. The van der Waals surface area contributed by atoms with Gasteiger partial charge in [-0.3, -0.25) is 0 Å². The molecule has 0 aromatic carbocycles. The van der Waals surface area contributed by atoms with E-state index in [-0.39, 0.29) is 0 Å². The lowest BCUT2D eigenvalue weighted by molar-refractivity contribution is 0.229. The Hall–Kier alpha value is 0.440. The molecule has 0 spiro atoms. The van der Waals surface area contributed by atoms with E-state index in [2.05, 4.69) is 41.6 Å². The Morgan fingerprint density at radius 1 is 0.789 bits per heavy atom. The van der Waals surface area contributed by atoms with E-state index < -0.39 is 0 Å². The Kier molecular flexibility index (Phi) is 15.2. The van der Waals surface area contributed by atoms with Crippen LogP contribution in [0.5, 0.6) is 0 Å². The number of hydrogen-bond acceptors (Lipinski definition) is 1. The first-order valence-electron chi connectivity index (χ1n) is 8.56. The van der Waals surface area contributed by atoms with E-state index in [1.54, 1.807) is 0 Å². The summed E-state index contributed by atoms with van der Waals surface area (Å²) >= 11 is 3.49. The zero-order valence-electron chi connectivity index (χ0n) is 13.6. The van der Waals surface area contributed by atoms with Crippen molar-refractivity contribution in [3.63, 3.8) is 0 Å². The molecule has 2 heteroatoms. The molecule has 0 rings (SSSR count). The van der Waals surface area contributed by atoms with Gasteiger partial charge in [-0.1, -0.05) is 81.6 Å². The van der Waals surface area contributed by atoms with Crippen molar-refractivity contribution in [2.75, 3.05) is 25.0 Å². The summed E-state index contributed by atoms with van der Waals surface area (Å²) in [6.07, 6.45) is 12.5. The lowest BCUT2D eigenvalue weighted by Gasteiger charge is -2.25. The summed E-state index contributed by atoms with van der Waals surface area (Å²) in [5.74, 6) is 0.907. The van der Waals surface area contributed by atoms with Gasteiger partial charge in [-0.05, 0) is 31.8 Å². The van der Waals surface area contributed by atoms with Crippen LogP contribution in [0.15, 0.2) is 0 Å². The van der Waals surface area contributed by atoms with E-state index in [4.69, 9.17) is 0 Å². The Labute approximate surface area is 130 Å². The fourth-order valence-electron chi connectivity index (χ4n) is 2.60. The van der Waals surface area contributed by atoms with Crippen molar-refractivity contribution < 1.29 is 0 Å². The van der Waals surface area contributed by atoms with Crippen molar-refractivity contribution in [2.45, 2.75) is 78.6 Å². The van der Waals surface area contributed by atoms with Gasteiger partial charge < -0.3 is 4.90 Å². The first kappa shape index (κ1) is 19.4. The Bertz CT molecular complexity index is 169. The first-order chi connectivity index (χ1) is 9.28. The highest BCUT2D eigenvalue weighted by molar-refractivity contribution is 9.09. The summed E-state index contributed by atoms with van der Waals surface area (Å²) in [5.41, 5.74) is 0. The first-order valence-corrected chi connectivity index (χ1v) is 9.68. The van der Waals surface area contributed by atoms with E-state index in [1.165, 1.54) is 82.8 Å². The molecular weight excluding hydrogens is 298 g/mol. The minimum absolute atomic E-state index is 0.907. The van der Waals surface area contributed by atoms with Crippen LogP contribution in [0.4, 0.5) is 0 Å². The third-order valence-corrected chi connectivity index (χ3v) is 4.79. The summed E-state index contributed by atoms with van der Waals surface area (Å²) in [6.45, 7) is 10.8. The predicted octanol–water partition coefficient (Wildman–Crippen LogP) is 5.87. The van der Waals surface area contributed by atoms with Crippen molar-refractivity contribution in [1.29, 1.82) is 0 Å². The van der Waals surface area contributed by atoms with E-state index in [0.717, 1.165) is 5.92 Å². The van der Waals surface area contributed by atoms with Crippen LogP contribution in [0, 0.1) is 5.92 Å². The second kappa shape index (κ2) is 14.8. The Morgan fingerprint density at radius 3 is 1.79 bits per heavy atom. The number of alkyl halides is 1. The van der Waals surface area contributed by atoms with E-state index in [9.17, 15) is 0 Å². The third-order valence-electron chi connectivity index (χ3n) is 4.23. The van der Waals surface area contributed by atoms with Gasteiger partial charge in [0, 0.05) is 11.9 Å². The maximum absolute atomic E-state index is 3.49. The van der Waals surface area contributed by atoms with Crippen LogP contribution in [0.1, 0.15) is 78.6 Å². The molecule has 0 saturated heterocycles. The van der Waals surface area contributed by atoms with Crippen molar-refractivity contribution in [3.05, 3.63) is 0 Å². The standard InChI is InChI=1S/C17H36BrN/c1-4-17(5-2)16-19(6-3)15-13-11-9-7-8-10-12-14-18/h17H,4-16H2,1-3H3. The second-order valence-corrected chi connectivity index (χ2v) is 6.53. The van der Waals surface area contributed by atoms with Crippen molar-refractivity contribution in [1.82, 2.24) is 4.90 Å². The van der Waals surface area contributed by atoms with E-state index in [0.29, 0.717) is 0 Å². The fourth-order valence-corrected chi connectivity index (χ4v) is 3.00. The van der Waals surface area contributed by atoms with Gasteiger partial charge in [0.2, 0.25) is 0 Å². The van der Waals surface area contributed by atoms with Crippen LogP contribution in [-0.4, -0.2) is 29.9 Å². The topological polar surface area (TPSA) is 3.24 Å². The van der Waals surface area contributed by atoms with Crippen molar-refractivity contribution in [2.24, 2.45) is 5.92 Å². The van der Waals surface area contributed by atoms with Crippen LogP contribution in [-0.2, 0) is 0 Å². The normalized spacial score (nSPS) is 11.7. The molecule has 19 heavy (non-hydrogen) atoms. The minimum Gasteiger partial charge on any atom is -0.303 e. The van der Waals surface area contributed by atoms with Gasteiger partial charge in [0.1, 0.15) is 0 Å². The molecule has 0 atom stereocenters. The predicted molar refractivity (Wildman–Crippen MR) is 92.3 cm³/mol. The van der Waals surface area contributed by atoms with Crippen molar-refractivity contribution >= 4 is 15.9 Å². The molecule has 0 saturated carbocycles. The molecule has 0 unspecified atom stereocenters. The molecule has 0 aliphatic carbocycles. The Morgan fingerprint density at radius 2 is 1.32 bits per heavy atom. The highest BCUT2D eigenvalue weighted by Gasteiger charge is 2.09. The fraction of sp³-hybridized carbons (Fsp3) is 1.00. The van der Waals surface area contributed by atoms with Crippen LogP contribution in [0.2, 0.25) is 0 Å². The largest absolute Gasteiger partial charge is 0.303 e. The summed E-state index contributed by atoms with van der Waals surface area (Å²) in [7, 11) is 0. The van der Waals surface area contributed by atoms with Gasteiger partial charge in [-0.25, -0.2) is 0 Å². The van der Waals surface area contributed by atoms with E-state index >= 15 is 0 Å². The third kappa shape index (κ3) is 11.9. The maximum atomic E-state index is 3.49. The van der Waals surface area contributed by atoms with Gasteiger partial charge >= 0.3 is 0 Å². The number of nitrogens with zero attached hydrogens (tertiary/aromatic N) is 1. The smallest absolute Gasteiger partial charge is 0.00313 e. The minimum atomic E-state index is 0.907. The summed E-state index contributed by atoms with van der Waals surface area (Å²) in [4.78, 5) is 2.66. The maximum Gasteiger partial charge on any atom is 0.00313 e. The van der Waals surface area contributed by atoms with Gasteiger partial charge in [0.15, 0.2) is 0 Å². The highest BCUT2D eigenvalue weighted by Crippen LogP contribution is 2.12. The molecule has 0 aromatic rings. The Balaban J connectivity index is 3.45. The average molecular weight is 334 g/mol. The SMILES string of the molecule is CCC(CC)CN(CC)CCCCCCCCCBr. The summed E-state index contributed by atoms with van der Waals surface area (Å²) in [5, 5.41) is 1.18. The zero-order chi connectivity index (χ0) is 14.3. The number of rotatable bonds is 14. The van der Waals surface area contributed by atoms with Crippen LogP contribution < -0.4 is 0 Å². The molecule has 0 amide bonds. The van der Waals surface area contributed by atoms with Crippen LogP contribution in [0.25, 0.3) is 0 Å². The number of halogens is 1. The molecule has 0 radical (unpaired) electrons. The quantitative estimate of drug-likeness (QED) is 0.284. The number of hydrogen-bond donors (Lipinski definition) is 0. The highest BCUT2D eigenvalue weighted by atomic mass is 79.9. The molecule has 0 aromatic heterocycles. The van der Waals surface area contributed by atoms with Gasteiger partial charge in [0.25, 0.3) is 0 Å². The second-order valence-electron chi connectivity index (χ2n) is 5.74.